The van der Waals surface area contributed by atoms with Crippen molar-refractivity contribution in [3.05, 3.63) is 18.1 Å². The summed E-state index contributed by atoms with van der Waals surface area (Å²) in [5.74, 6) is 2.94. The molecular formula is C18H28N4O2. The lowest BCUT2D eigenvalue weighted by Gasteiger charge is -2.50. The van der Waals surface area contributed by atoms with Crippen molar-refractivity contribution in [1.82, 2.24) is 15.3 Å². The van der Waals surface area contributed by atoms with E-state index >= 15 is 0 Å². The number of rotatable bonds is 3. The highest BCUT2D eigenvalue weighted by atomic mass is 16.6. The van der Waals surface area contributed by atoms with Crippen LogP contribution in [0.25, 0.3) is 0 Å². The maximum Gasteiger partial charge on any atom is 0.407 e. The number of alkyl carbamates (subject to hydrolysis) is 1. The Hall–Kier alpha value is -1.85. The summed E-state index contributed by atoms with van der Waals surface area (Å²) in [6, 6.07) is 2.42. The fourth-order valence-corrected chi connectivity index (χ4v) is 3.95. The number of hydrogen-bond donors (Lipinski definition) is 1. The SMILES string of the molecule is Cc1nccc(N2CC3CCC2C(CNC(=O)OC(C)(C)C)C3)n1. The van der Waals surface area contributed by atoms with Gasteiger partial charge >= 0.3 is 6.09 Å². The Kier molecular flexibility index (Phi) is 4.65. The molecule has 0 spiro atoms. The van der Waals surface area contributed by atoms with Crippen molar-refractivity contribution in [2.45, 2.75) is 58.6 Å². The fraction of sp³-hybridized carbons (Fsp3) is 0.722. The number of nitrogens with zero attached hydrogens (tertiary/aromatic N) is 3. The minimum atomic E-state index is -0.458. The van der Waals surface area contributed by atoms with E-state index in [2.05, 4.69) is 20.2 Å². The third-order valence-corrected chi connectivity index (χ3v) is 4.87. The van der Waals surface area contributed by atoms with Crippen LogP contribution >= 0.6 is 0 Å². The van der Waals surface area contributed by atoms with Crippen molar-refractivity contribution in [2.24, 2.45) is 11.8 Å². The molecule has 6 heteroatoms. The maximum atomic E-state index is 11.9. The van der Waals surface area contributed by atoms with Gasteiger partial charge in [0.2, 0.25) is 0 Å². The minimum Gasteiger partial charge on any atom is -0.444 e. The number of carbonyl (C=O) groups is 1. The molecular weight excluding hydrogens is 304 g/mol. The molecule has 1 N–H and O–H groups in total. The Bertz CT molecular complexity index is 599. The largest absolute Gasteiger partial charge is 0.444 e. The highest BCUT2D eigenvalue weighted by Crippen LogP contribution is 2.40. The van der Waals surface area contributed by atoms with Crippen molar-refractivity contribution in [1.29, 1.82) is 0 Å². The first-order valence-corrected chi connectivity index (χ1v) is 8.85. The number of anilines is 1. The molecule has 0 aromatic carbocycles. The number of piperidine rings is 2. The Morgan fingerprint density at radius 1 is 1.42 bits per heavy atom. The zero-order valence-corrected chi connectivity index (χ0v) is 15.1. The van der Waals surface area contributed by atoms with Crippen molar-refractivity contribution in [3.8, 4) is 0 Å². The molecule has 1 aromatic rings. The third kappa shape index (κ3) is 3.97. The predicted octanol–water partition coefficient (Wildman–Crippen LogP) is 2.91. The molecule has 2 bridgehead atoms. The number of aryl methyl sites for hydroxylation is 1. The number of carbonyl (C=O) groups excluding carboxylic acids is 1. The number of hydrogen-bond acceptors (Lipinski definition) is 5. The first-order chi connectivity index (χ1) is 11.3. The van der Waals surface area contributed by atoms with Gasteiger partial charge in [0.05, 0.1) is 0 Å². The van der Waals surface area contributed by atoms with Crippen LogP contribution in [0.3, 0.4) is 0 Å². The second kappa shape index (κ2) is 6.57. The van der Waals surface area contributed by atoms with E-state index in [1.165, 1.54) is 12.8 Å². The summed E-state index contributed by atoms with van der Waals surface area (Å²) in [6.07, 6.45) is 5.10. The second-order valence-corrected chi connectivity index (χ2v) is 8.00. The van der Waals surface area contributed by atoms with Crippen molar-refractivity contribution < 1.29 is 9.53 Å². The topological polar surface area (TPSA) is 67.4 Å². The van der Waals surface area contributed by atoms with Crippen LogP contribution in [0.1, 0.15) is 45.9 Å². The highest BCUT2D eigenvalue weighted by Gasteiger charge is 2.41. The zero-order chi connectivity index (χ0) is 17.3. The molecule has 1 saturated carbocycles. The first kappa shape index (κ1) is 17.0. The standard InChI is InChI=1S/C18H28N4O2/c1-12-19-8-7-16(21-12)22-11-13-5-6-15(22)14(9-13)10-20-17(23)24-18(2,3)4/h7-8,13-15H,5-6,9-11H2,1-4H3,(H,20,23). The summed E-state index contributed by atoms with van der Waals surface area (Å²) >= 11 is 0. The van der Waals surface area contributed by atoms with Crippen molar-refractivity contribution >= 4 is 11.9 Å². The quantitative estimate of drug-likeness (QED) is 0.922. The Morgan fingerprint density at radius 3 is 2.88 bits per heavy atom. The van der Waals surface area contributed by atoms with E-state index in [1.807, 2.05) is 40.0 Å². The van der Waals surface area contributed by atoms with E-state index in [0.717, 1.165) is 24.6 Å². The van der Waals surface area contributed by atoms with Crippen LogP contribution in [-0.2, 0) is 4.74 Å². The molecule has 0 radical (unpaired) electrons. The molecule has 2 saturated heterocycles. The Morgan fingerprint density at radius 2 is 2.21 bits per heavy atom. The minimum absolute atomic E-state index is 0.326. The van der Waals surface area contributed by atoms with Crippen LogP contribution in [0, 0.1) is 18.8 Å². The summed E-state index contributed by atoms with van der Waals surface area (Å²) in [6.45, 7) is 9.30. The zero-order valence-electron chi connectivity index (χ0n) is 15.1. The van der Waals surface area contributed by atoms with E-state index in [4.69, 9.17) is 4.74 Å². The van der Waals surface area contributed by atoms with Crippen LogP contribution in [-0.4, -0.2) is 40.8 Å². The monoisotopic (exact) mass is 332 g/mol. The molecule has 1 aliphatic carbocycles. The number of nitrogens with one attached hydrogen (secondary N) is 1. The lowest BCUT2D eigenvalue weighted by molar-refractivity contribution is 0.0500. The fourth-order valence-electron chi connectivity index (χ4n) is 3.95. The molecule has 3 heterocycles. The van der Waals surface area contributed by atoms with Gasteiger partial charge in [-0.05, 0) is 64.9 Å². The molecule has 3 unspecified atom stereocenters. The number of amides is 1. The average Bonchev–Trinajstić information content (AvgIpc) is 2.52. The number of aromatic nitrogens is 2. The van der Waals surface area contributed by atoms with Gasteiger partial charge in [0, 0.05) is 25.3 Å². The molecule has 24 heavy (non-hydrogen) atoms. The molecule has 4 rings (SSSR count). The van der Waals surface area contributed by atoms with Gasteiger partial charge in [-0.2, -0.15) is 0 Å². The van der Waals surface area contributed by atoms with Gasteiger partial charge in [0.25, 0.3) is 0 Å². The molecule has 1 amide bonds. The van der Waals surface area contributed by atoms with Gasteiger partial charge in [0.1, 0.15) is 17.2 Å². The molecule has 132 valence electrons. The van der Waals surface area contributed by atoms with Crippen molar-refractivity contribution in [2.75, 3.05) is 18.0 Å². The van der Waals surface area contributed by atoms with E-state index in [9.17, 15) is 4.79 Å². The molecule has 2 aliphatic heterocycles. The Labute approximate surface area is 144 Å². The molecule has 1 aromatic heterocycles. The summed E-state index contributed by atoms with van der Waals surface area (Å²) in [4.78, 5) is 23.1. The lowest BCUT2D eigenvalue weighted by Crippen LogP contribution is -2.56. The van der Waals surface area contributed by atoms with Gasteiger partial charge in [-0.25, -0.2) is 14.8 Å². The summed E-state index contributed by atoms with van der Waals surface area (Å²) < 4.78 is 5.35. The summed E-state index contributed by atoms with van der Waals surface area (Å²) in [5.41, 5.74) is -0.458. The molecule has 3 aliphatic rings. The van der Waals surface area contributed by atoms with Crippen LogP contribution in [0.4, 0.5) is 10.6 Å². The van der Waals surface area contributed by atoms with E-state index in [1.54, 1.807) is 0 Å². The highest BCUT2D eigenvalue weighted by molar-refractivity contribution is 5.67. The van der Waals surface area contributed by atoms with Gasteiger partial charge in [0.15, 0.2) is 0 Å². The van der Waals surface area contributed by atoms with Gasteiger partial charge in [-0.1, -0.05) is 0 Å². The second-order valence-electron chi connectivity index (χ2n) is 8.00. The summed E-state index contributed by atoms with van der Waals surface area (Å²) in [5, 5.41) is 2.96. The lowest BCUT2D eigenvalue weighted by atomic mass is 9.72. The number of ether oxygens (including phenoxy) is 1. The molecule has 6 nitrogen and oxygen atoms in total. The van der Waals surface area contributed by atoms with Crippen LogP contribution in [0.2, 0.25) is 0 Å². The van der Waals surface area contributed by atoms with Crippen molar-refractivity contribution in [3.63, 3.8) is 0 Å². The third-order valence-electron chi connectivity index (χ3n) is 4.87. The van der Waals surface area contributed by atoms with E-state index < -0.39 is 5.60 Å². The molecule has 3 fully saturated rings. The summed E-state index contributed by atoms with van der Waals surface area (Å²) in [7, 11) is 0. The number of fused-ring (bicyclic) bond motifs is 3. The smallest absolute Gasteiger partial charge is 0.407 e. The van der Waals surface area contributed by atoms with Gasteiger partial charge in [-0.15, -0.1) is 0 Å². The normalized spacial score (nSPS) is 26.3. The first-order valence-electron chi connectivity index (χ1n) is 8.85. The Balaban J connectivity index is 1.64. The van der Waals surface area contributed by atoms with Gasteiger partial charge < -0.3 is 15.0 Å². The maximum absolute atomic E-state index is 11.9. The van der Waals surface area contributed by atoms with Crippen LogP contribution < -0.4 is 10.2 Å². The van der Waals surface area contributed by atoms with Crippen LogP contribution in [0.15, 0.2) is 12.3 Å². The van der Waals surface area contributed by atoms with Crippen LogP contribution in [0.5, 0.6) is 0 Å². The average molecular weight is 332 g/mol. The van der Waals surface area contributed by atoms with E-state index in [0.29, 0.717) is 24.4 Å². The predicted molar refractivity (Wildman–Crippen MR) is 93.0 cm³/mol. The molecule has 3 atom stereocenters. The van der Waals surface area contributed by atoms with Gasteiger partial charge in [-0.3, -0.25) is 0 Å². The van der Waals surface area contributed by atoms with E-state index in [-0.39, 0.29) is 6.09 Å².